The summed E-state index contributed by atoms with van der Waals surface area (Å²) in [5.41, 5.74) is 1.83. The molecule has 0 bridgehead atoms. The highest BCUT2D eigenvalue weighted by atomic mass is 32.2. The summed E-state index contributed by atoms with van der Waals surface area (Å²) in [5.74, 6) is 0. The van der Waals surface area contributed by atoms with Gasteiger partial charge in [-0.15, -0.1) is 0 Å². The van der Waals surface area contributed by atoms with E-state index in [0.717, 1.165) is 5.69 Å². The topological polar surface area (TPSA) is 99.8 Å². The Kier molecular flexibility index (Phi) is 4.59. The number of hydrogen-bond acceptors (Lipinski definition) is 5. The van der Waals surface area contributed by atoms with E-state index >= 15 is 0 Å². The molecule has 2 rings (SSSR count). The van der Waals surface area contributed by atoms with Crippen LogP contribution in [-0.4, -0.2) is 29.6 Å². The number of aromatic amines is 1. The summed E-state index contributed by atoms with van der Waals surface area (Å²) in [6.07, 6.45) is 3.05. The minimum Gasteiger partial charge on any atom is -0.310 e. The van der Waals surface area contributed by atoms with Crippen molar-refractivity contribution in [2.75, 3.05) is 4.72 Å². The second kappa shape index (κ2) is 6.23. The molecule has 0 aliphatic heterocycles. The molecule has 2 heterocycles. The summed E-state index contributed by atoms with van der Waals surface area (Å²) in [4.78, 5) is 3.85. The van der Waals surface area contributed by atoms with Gasteiger partial charge in [0.05, 0.1) is 5.69 Å². The molecule has 0 amide bonds. The Morgan fingerprint density at radius 1 is 1.29 bits per heavy atom. The molecule has 0 unspecified atom stereocenters. The predicted molar refractivity (Wildman–Crippen MR) is 80.3 cm³/mol. The molecular formula is C13H19N5O2S. The SMILES string of the molecule is Cc1[nH]nc(S(=O)(=O)Nc2ccncc2)c1CNC(C)C. The maximum atomic E-state index is 12.4. The smallest absolute Gasteiger partial charge is 0.281 e. The fraction of sp³-hybridized carbons (Fsp3) is 0.385. The van der Waals surface area contributed by atoms with Crippen LogP contribution in [0.15, 0.2) is 29.6 Å². The normalized spacial score (nSPS) is 11.8. The van der Waals surface area contributed by atoms with Gasteiger partial charge < -0.3 is 5.32 Å². The Bertz CT molecular complexity index is 695. The van der Waals surface area contributed by atoms with E-state index in [-0.39, 0.29) is 11.1 Å². The van der Waals surface area contributed by atoms with Crippen LogP contribution >= 0.6 is 0 Å². The zero-order chi connectivity index (χ0) is 15.5. The van der Waals surface area contributed by atoms with E-state index < -0.39 is 10.0 Å². The molecular weight excluding hydrogens is 290 g/mol. The van der Waals surface area contributed by atoms with Gasteiger partial charge in [0, 0.05) is 36.2 Å². The van der Waals surface area contributed by atoms with Gasteiger partial charge in [-0.25, -0.2) is 0 Å². The van der Waals surface area contributed by atoms with Crippen LogP contribution in [0.25, 0.3) is 0 Å². The third-order valence-electron chi connectivity index (χ3n) is 2.91. The standard InChI is InChI=1S/C13H19N5O2S/c1-9(2)15-8-12-10(3)16-17-13(12)21(19,20)18-11-4-6-14-7-5-11/h4-7,9,15H,8H2,1-3H3,(H,14,18)(H,16,17). The Balaban J connectivity index is 2.28. The lowest BCUT2D eigenvalue weighted by Crippen LogP contribution is -2.24. The Labute approximate surface area is 124 Å². The van der Waals surface area contributed by atoms with Crippen molar-refractivity contribution in [3.63, 3.8) is 0 Å². The van der Waals surface area contributed by atoms with Crippen LogP contribution < -0.4 is 10.0 Å². The summed E-state index contributed by atoms with van der Waals surface area (Å²) in [5, 5.41) is 9.88. The minimum absolute atomic E-state index is 0.0185. The molecule has 3 N–H and O–H groups in total. The van der Waals surface area contributed by atoms with Crippen molar-refractivity contribution >= 4 is 15.7 Å². The van der Waals surface area contributed by atoms with Crippen molar-refractivity contribution < 1.29 is 8.42 Å². The van der Waals surface area contributed by atoms with E-state index in [1.807, 2.05) is 13.8 Å². The van der Waals surface area contributed by atoms with Gasteiger partial charge in [0.2, 0.25) is 5.03 Å². The zero-order valence-electron chi connectivity index (χ0n) is 12.2. The first-order chi connectivity index (χ1) is 9.90. The lowest BCUT2D eigenvalue weighted by atomic mass is 10.2. The van der Waals surface area contributed by atoms with Crippen LogP contribution in [0.1, 0.15) is 25.1 Å². The Morgan fingerprint density at radius 3 is 2.57 bits per heavy atom. The number of hydrogen-bond donors (Lipinski definition) is 3. The van der Waals surface area contributed by atoms with Gasteiger partial charge in [0.1, 0.15) is 0 Å². The number of nitrogens with one attached hydrogen (secondary N) is 3. The average molecular weight is 309 g/mol. The zero-order valence-corrected chi connectivity index (χ0v) is 13.0. The van der Waals surface area contributed by atoms with Crippen molar-refractivity contribution in [1.82, 2.24) is 20.5 Å². The number of aromatic nitrogens is 3. The molecule has 0 fully saturated rings. The van der Waals surface area contributed by atoms with Gasteiger partial charge in [0.25, 0.3) is 10.0 Å². The first-order valence-corrected chi connectivity index (χ1v) is 8.08. The van der Waals surface area contributed by atoms with Gasteiger partial charge in [0.15, 0.2) is 0 Å². The van der Waals surface area contributed by atoms with E-state index in [1.54, 1.807) is 19.1 Å². The van der Waals surface area contributed by atoms with Gasteiger partial charge in [-0.2, -0.15) is 13.5 Å². The number of H-pyrrole nitrogens is 1. The predicted octanol–water partition coefficient (Wildman–Crippen LogP) is 1.41. The number of anilines is 1. The fourth-order valence-electron chi connectivity index (χ4n) is 1.79. The van der Waals surface area contributed by atoms with Gasteiger partial charge in [-0.05, 0) is 19.1 Å². The highest BCUT2D eigenvalue weighted by Crippen LogP contribution is 2.19. The number of nitrogens with zero attached hydrogens (tertiary/aromatic N) is 2. The average Bonchev–Trinajstić information content (AvgIpc) is 2.79. The molecule has 7 nitrogen and oxygen atoms in total. The number of aryl methyl sites for hydroxylation is 1. The molecule has 8 heteroatoms. The maximum Gasteiger partial charge on any atom is 0.281 e. The second-order valence-corrected chi connectivity index (χ2v) is 6.61. The monoisotopic (exact) mass is 309 g/mol. The summed E-state index contributed by atoms with van der Waals surface area (Å²) in [6, 6.07) is 3.43. The fourth-order valence-corrected chi connectivity index (χ4v) is 3.05. The summed E-state index contributed by atoms with van der Waals surface area (Å²) in [7, 11) is -3.73. The van der Waals surface area contributed by atoms with Crippen LogP contribution in [0, 0.1) is 6.92 Å². The first-order valence-electron chi connectivity index (χ1n) is 6.60. The Morgan fingerprint density at radius 2 is 1.95 bits per heavy atom. The van der Waals surface area contributed by atoms with E-state index in [1.165, 1.54) is 12.4 Å². The number of sulfonamides is 1. The highest BCUT2D eigenvalue weighted by molar-refractivity contribution is 7.92. The lowest BCUT2D eigenvalue weighted by Gasteiger charge is -2.10. The molecule has 114 valence electrons. The van der Waals surface area contributed by atoms with Crippen molar-refractivity contribution in [1.29, 1.82) is 0 Å². The van der Waals surface area contributed by atoms with Crippen LogP contribution in [0.4, 0.5) is 5.69 Å². The third-order valence-corrected chi connectivity index (χ3v) is 4.26. The van der Waals surface area contributed by atoms with E-state index in [4.69, 9.17) is 0 Å². The quantitative estimate of drug-likeness (QED) is 0.749. The highest BCUT2D eigenvalue weighted by Gasteiger charge is 2.23. The molecule has 0 spiro atoms. The maximum absolute atomic E-state index is 12.4. The van der Waals surface area contributed by atoms with Crippen LogP contribution in [0.3, 0.4) is 0 Å². The molecule has 0 saturated heterocycles. The van der Waals surface area contributed by atoms with Crippen LogP contribution in [0.2, 0.25) is 0 Å². The van der Waals surface area contributed by atoms with E-state index in [0.29, 0.717) is 17.8 Å². The molecule has 0 aliphatic rings. The Hall–Kier alpha value is -1.93. The van der Waals surface area contributed by atoms with Gasteiger partial charge in [-0.3, -0.25) is 14.8 Å². The molecule has 0 atom stereocenters. The van der Waals surface area contributed by atoms with Crippen LogP contribution in [-0.2, 0) is 16.6 Å². The van der Waals surface area contributed by atoms with Crippen molar-refractivity contribution in [2.24, 2.45) is 0 Å². The molecule has 0 aliphatic carbocycles. The van der Waals surface area contributed by atoms with Gasteiger partial charge in [-0.1, -0.05) is 13.8 Å². The summed E-state index contributed by atoms with van der Waals surface area (Å²) in [6.45, 7) is 6.24. The van der Waals surface area contributed by atoms with Crippen molar-refractivity contribution in [2.45, 2.75) is 38.4 Å². The van der Waals surface area contributed by atoms with E-state index in [2.05, 4.69) is 25.2 Å². The first kappa shape index (κ1) is 15.5. The van der Waals surface area contributed by atoms with E-state index in [9.17, 15) is 8.42 Å². The summed E-state index contributed by atoms with van der Waals surface area (Å²) >= 11 is 0. The van der Waals surface area contributed by atoms with Crippen LogP contribution in [0.5, 0.6) is 0 Å². The third kappa shape index (κ3) is 3.79. The second-order valence-electron chi connectivity index (χ2n) is 5.01. The number of pyridine rings is 1. The number of rotatable bonds is 6. The van der Waals surface area contributed by atoms with Crippen molar-refractivity contribution in [3.8, 4) is 0 Å². The van der Waals surface area contributed by atoms with Crippen molar-refractivity contribution in [3.05, 3.63) is 35.8 Å². The molecule has 2 aromatic rings. The molecule has 21 heavy (non-hydrogen) atoms. The molecule has 0 aromatic carbocycles. The molecule has 0 saturated carbocycles. The minimum atomic E-state index is -3.73. The molecule has 0 radical (unpaired) electrons. The lowest BCUT2D eigenvalue weighted by molar-refractivity contribution is 0.574. The summed E-state index contributed by atoms with van der Waals surface area (Å²) < 4.78 is 27.4. The largest absolute Gasteiger partial charge is 0.310 e. The van der Waals surface area contributed by atoms with Gasteiger partial charge >= 0.3 is 0 Å². The molecule has 2 aromatic heterocycles.